The summed E-state index contributed by atoms with van der Waals surface area (Å²) in [4.78, 5) is 12.6. The van der Waals surface area contributed by atoms with Gasteiger partial charge in [-0.3, -0.25) is 4.79 Å². The van der Waals surface area contributed by atoms with E-state index in [1.807, 2.05) is 32.0 Å². The average molecular weight is 406 g/mol. The number of halogens is 1. The van der Waals surface area contributed by atoms with Gasteiger partial charge in [0.2, 0.25) is 0 Å². The van der Waals surface area contributed by atoms with Crippen LogP contribution in [0.15, 0.2) is 30.3 Å². The first kappa shape index (κ1) is 20.1. The number of hydrogen-bond acceptors (Lipinski definition) is 5. The quantitative estimate of drug-likeness (QED) is 0.751. The third-order valence-electron chi connectivity index (χ3n) is 4.14. The molecule has 0 aromatic heterocycles. The van der Waals surface area contributed by atoms with Crippen molar-refractivity contribution < 1.29 is 23.7 Å². The van der Waals surface area contributed by atoms with Gasteiger partial charge in [0.1, 0.15) is 13.2 Å². The molecule has 0 saturated heterocycles. The number of ether oxygens (including phenoxy) is 4. The zero-order valence-corrected chi connectivity index (χ0v) is 17.0. The maximum atomic E-state index is 12.6. The van der Waals surface area contributed by atoms with Crippen LogP contribution in [-0.4, -0.2) is 32.8 Å². The number of rotatable bonds is 7. The first-order valence-electron chi connectivity index (χ1n) is 9.15. The molecule has 0 aliphatic carbocycles. The molecule has 1 aliphatic heterocycles. The van der Waals surface area contributed by atoms with Crippen LogP contribution < -0.4 is 24.3 Å². The molecule has 1 heterocycles. The molecule has 3 rings (SSSR count). The maximum Gasteiger partial charge on any atom is 0.251 e. The molecule has 0 fully saturated rings. The highest BCUT2D eigenvalue weighted by Crippen LogP contribution is 2.37. The minimum atomic E-state index is -0.273. The first-order chi connectivity index (χ1) is 13.5. The van der Waals surface area contributed by atoms with Gasteiger partial charge in [0, 0.05) is 17.7 Å². The van der Waals surface area contributed by atoms with E-state index in [2.05, 4.69) is 5.32 Å². The topological polar surface area (TPSA) is 66.0 Å². The van der Waals surface area contributed by atoms with Gasteiger partial charge in [-0.2, -0.15) is 0 Å². The lowest BCUT2D eigenvalue weighted by atomic mass is 10.1. The van der Waals surface area contributed by atoms with Crippen LogP contribution in [0.25, 0.3) is 0 Å². The van der Waals surface area contributed by atoms with Crippen LogP contribution in [0.5, 0.6) is 23.0 Å². The van der Waals surface area contributed by atoms with E-state index < -0.39 is 0 Å². The number of benzene rings is 2. The van der Waals surface area contributed by atoms with Crippen molar-refractivity contribution in [2.24, 2.45) is 5.92 Å². The largest absolute Gasteiger partial charge is 0.493 e. The van der Waals surface area contributed by atoms with Crippen molar-refractivity contribution in [3.05, 3.63) is 46.5 Å². The highest BCUT2D eigenvalue weighted by molar-refractivity contribution is 6.32. The summed E-state index contributed by atoms with van der Waals surface area (Å²) in [6.45, 7) is 5.90. The van der Waals surface area contributed by atoms with Gasteiger partial charge in [-0.25, -0.2) is 0 Å². The summed E-state index contributed by atoms with van der Waals surface area (Å²) in [5.74, 6) is 2.29. The second-order valence-corrected chi connectivity index (χ2v) is 7.23. The number of nitrogens with one attached hydrogen (secondary N) is 1. The van der Waals surface area contributed by atoms with Crippen LogP contribution in [0.1, 0.15) is 29.8 Å². The zero-order valence-electron chi connectivity index (χ0n) is 16.2. The van der Waals surface area contributed by atoms with Gasteiger partial charge < -0.3 is 24.3 Å². The van der Waals surface area contributed by atoms with Gasteiger partial charge in [0.25, 0.3) is 5.91 Å². The number of para-hydroxylation sites is 1. The number of carbonyl (C=O) groups is 1. The fourth-order valence-electron chi connectivity index (χ4n) is 2.79. The highest BCUT2D eigenvalue weighted by Gasteiger charge is 2.19. The van der Waals surface area contributed by atoms with Crippen molar-refractivity contribution >= 4 is 17.5 Å². The summed E-state index contributed by atoms with van der Waals surface area (Å²) in [5, 5.41) is 3.22. The van der Waals surface area contributed by atoms with Gasteiger partial charge in [-0.05, 0) is 24.1 Å². The van der Waals surface area contributed by atoms with Crippen molar-refractivity contribution in [3.8, 4) is 23.0 Å². The van der Waals surface area contributed by atoms with Crippen LogP contribution in [0.4, 0.5) is 0 Å². The minimum absolute atomic E-state index is 0.273. The van der Waals surface area contributed by atoms with Crippen molar-refractivity contribution in [2.75, 3.05) is 26.9 Å². The Kier molecular flexibility index (Phi) is 6.52. The molecule has 0 spiro atoms. The fourth-order valence-corrected chi connectivity index (χ4v) is 3.06. The minimum Gasteiger partial charge on any atom is -0.493 e. The predicted octanol–water partition coefficient (Wildman–Crippen LogP) is 4.08. The molecule has 2 aromatic rings. The summed E-state index contributed by atoms with van der Waals surface area (Å²) < 4.78 is 22.3. The summed E-state index contributed by atoms with van der Waals surface area (Å²) in [5.41, 5.74) is 1.24. The molecular weight excluding hydrogens is 382 g/mol. The lowest BCUT2D eigenvalue weighted by Gasteiger charge is -2.21. The summed E-state index contributed by atoms with van der Waals surface area (Å²) in [6.07, 6.45) is 0. The molecule has 0 bridgehead atoms. The molecule has 0 radical (unpaired) electrons. The monoisotopic (exact) mass is 405 g/mol. The van der Waals surface area contributed by atoms with E-state index in [-0.39, 0.29) is 5.91 Å². The smallest absolute Gasteiger partial charge is 0.251 e. The molecule has 6 nitrogen and oxygen atoms in total. The fraction of sp³-hybridized carbons (Fsp3) is 0.381. The molecule has 1 aliphatic rings. The number of fused-ring (bicyclic) bond motifs is 1. The Balaban J connectivity index is 1.73. The van der Waals surface area contributed by atoms with Crippen LogP contribution in [0.2, 0.25) is 5.02 Å². The molecule has 1 amide bonds. The number of carbonyl (C=O) groups excluding carboxylic acids is 1. The second-order valence-electron chi connectivity index (χ2n) is 6.82. The van der Waals surface area contributed by atoms with E-state index in [0.29, 0.717) is 65.9 Å². The Bertz CT molecular complexity index is 853. The van der Waals surface area contributed by atoms with Gasteiger partial charge in [0.05, 0.1) is 18.7 Å². The Morgan fingerprint density at radius 1 is 1.25 bits per heavy atom. The Labute approximate surface area is 169 Å². The molecule has 28 heavy (non-hydrogen) atoms. The SMILES string of the molecule is COc1cc(C(=O)NCc2cccc3c2OCCO3)cc(Cl)c1OCC(C)C. The van der Waals surface area contributed by atoms with Gasteiger partial charge in [0.15, 0.2) is 23.0 Å². The average Bonchev–Trinajstić information content (AvgIpc) is 2.70. The van der Waals surface area contributed by atoms with E-state index >= 15 is 0 Å². The van der Waals surface area contributed by atoms with Crippen molar-refractivity contribution in [3.63, 3.8) is 0 Å². The van der Waals surface area contributed by atoms with Crippen molar-refractivity contribution in [2.45, 2.75) is 20.4 Å². The predicted molar refractivity (Wildman–Crippen MR) is 107 cm³/mol. The molecule has 7 heteroatoms. The first-order valence-corrected chi connectivity index (χ1v) is 9.53. The van der Waals surface area contributed by atoms with Crippen molar-refractivity contribution in [1.29, 1.82) is 0 Å². The number of hydrogen-bond donors (Lipinski definition) is 1. The van der Waals surface area contributed by atoms with Crippen LogP contribution in [0.3, 0.4) is 0 Å². The summed E-state index contributed by atoms with van der Waals surface area (Å²) in [7, 11) is 1.52. The standard InChI is InChI=1S/C21H24ClNO5/c1-13(2)12-28-20-16(22)9-15(10-18(20)25-3)21(24)23-11-14-5-4-6-17-19(14)27-8-7-26-17/h4-6,9-10,13H,7-8,11-12H2,1-3H3,(H,23,24). The van der Waals surface area contributed by atoms with E-state index in [4.69, 9.17) is 30.5 Å². The number of methoxy groups -OCH3 is 1. The van der Waals surface area contributed by atoms with E-state index in [9.17, 15) is 4.79 Å². The Hall–Kier alpha value is -2.60. The maximum absolute atomic E-state index is 12.6. The second kappa shape index (κ2) is 9.06. The van der Waals surface area contributed by atoms with Crippen LogP contribution in [-0.2, 0) is 6.54 Å². The van der Waals surface area contributed by atoms with Crippen LogP contribution >= 0.6 is 11.6 Å². The third kappa shape index (κ3) is 4.62. The molecule has 2 aromatic carbocycles. The van der Waals surface area contributed by atoms with Crippen LogP contribution in [0, 0.1) is 5.92 Å². The lowest BCUT2D eigenvalue weighted by Crippen LogP contribution is -2.24. The number of amides is 1. The lowest BCUT2D eigenvalue weighted by molar-refractivity contribution is 0.0949. The zero-order chi connectivity index (χ0) is 20.1. The highest BCUT2D eigenvalue weighted by atomic mass is 35.5. The molecule has 0 saturated carbocycles. The van der Waals surface area contributed by atoms with Gasteiger partial charge in [-0.1, -0.05) is 37.6 Å². The van der Waals surface area contributed by atoms with Crippen molar-refractivity contribution in [1.82, 2.24) is 5.32 Å². The van der Waals surface area contributed by atoms with E-state index in [1.165, 1.54) is 7.11 Å². The van der Waals surface area contributed by atoms with Gasteiger partial charge in [-0.15, -0.1) is 0 Å². The summed E-state index contributed by atoms with van der Waals surface area (Å²) >= 11 is 6.33. The summed E-state index contributed by atoms with van der Waals surface area (Å²) in [6, 6.07) is 8.81. The third-order valence-corrected chi connectivity index (χ3v) is 4.42. The Morgan fingerprint density at radius 2 is 2.04 bits per heavy atom. The Morgan fingerprint density at radius 3 is 2.79 bits per heavy atom. The van der Waals surface area contributed by atoms with E-state index in [0.717, 1.165) is 5.56 Å². The molecule has 150 valence electrons. The van der Waals surface area contributed by atoms with E-state index in [1.54, 1.807) is 12.1 Å². The molecule has 0 atom stereocenters. The molecule has 1 N–H and O–H groups in total. The normalized spacial score (nSPS) is 12.6. The van der Waals surface area contributed by atoms with Gasteiger partial charge >= 0.3 is 0 Å². The molecule has 0 unspecified atom stereocenters. The molecular formula is C21H24ClNO5.